The molecular formula is C13H22N2O2. The molecule has 0 aromatic rings. The van der Waals surface area contributed by atoms with Crippen LogP contribution in [-0.2, 0) is 9.53 Å². The van der Waals surface area contributed by atoms with Gasteiger partial charge in [-0.05, 0) is 39.5 Å². The quantitative estimate of drug-likeness (QED) is 0.748. The third kappa shape index (κ3) is 1.87. The van der Waals surface area contributed by atoms with Gasteiger partial charge in [0.1, 0.15) is 0 Å². The van der Waals surface area contributed by atoms with Gasteiger partial charge in [-0.15, -0.1) is 0 Å². The first-order valence-corrected chi connectivity index (χ1v) is 6.78. The fourth-order valence-corrected chi connectivity index (χ4v) is 3.49. The highest BCUT2D eigenvalue weighted by atomic mass is 16.5. The fraction of sp³-hybridized carbons (Fsp3) is 0.923. The largest absolute Gasteiger partial charge is 0.376 e. The van der Waals surface area contributed by atoms with E-state index >= 15 is 0 Å². The summed E-state index contributed by atoms with van der Waals surface area (Å²) in [6.45, 7) is 4.91. The first-order valence-electron chi connectivity index (χ1n) is 6.78. The van der Waals surface area contributed by atoms with Crippen molar-refractivity contribution in [2.75, 3.05) is 6.61 Å². The van der Waals surface area contributed by atoms with E-state index in [1.807, 2.05) is 6.92 Å². The molecule has 0 radical (unpaired) electrons. The zero-order valence-electron chi connectivity index (χ0n) is 10.7. The van der Waals surface area contributed by atoms with Crippen LogP contribution in [0.1, 0.15) is 39.5 Å². The molecule has 3 rings (SSSR count). The lowest BCUT2D eigenvalue weighted by atomic mass is 9.86. The highest BCUT2D eigenvalue weighted by Crippen LogP contribution is 2.34. The van der Waals surface area contributed by atoms with E-state index in [-0.39, 0.29) is 23.5 Å². The van der Waals surface area contributed by atoms with E-state index < -0.39 is 0 Å². The molecule has 4 nitrogen and oxygen atoms in total. The Bertz CT molecular complexity index is 333. The summed E-state index contributed by atoms with van der Waals surface area (Å²) in [5, 5.41) is 6.74. The third-order valence-electron chi connectivity index (χ3n) is 4.93. The smallest absolute Gasteiger partial charge is 0.225 e. The van der Waals surface area contributed by atoms with Crippen LogP contribution in [0.15, 0.2) is 0 Å². The van der Waals surface area contributed by atoms with Crippen molar-refractivity contribution in [3.63, 3.8) is 0 Å². The second-order valence-electron chi connectivity index (χ2n) is 6.06. The average Bonchev–Trinajstić information content (AvgIpc) is 2.96. The summed E-state index contributed by atoms with van der Waals surface area (Å²) in [5.74, 6) is 0.405. The molecule has 0 aromatic heterocycles. The monoisotopic (exact) mass is 238 g/mol. The van der Waals surface area contributed by atoms with Crippen LogP contribution in [0.2, 0.25) is 0 Å². The molecule has 96 valence electrons. The van der Waals surface area contributed by atoms with Crippen molar-refractivity contribution in [2.24, 2.45) is 5.92 Å². The standard InChI is InChI=1S/C13H22N2O2/c1-8-13(2,5-6-17-8)15-12(16)10-7-9-3-4-11(10)14-9/h8-11,14H,3-7H2,1-2H3,(H,15,16). The zero-order chi connectivity index (χ0) is 12.0. The SMILES string of the molecule is CC1OCCC1(C)NC(=O)C1CC2CCC1N2. The molecule has 0 aromatic carbocycles. The normalized spacial score (nSPS) is 48.6. The molecule has 3 aliphatic heterocycles. The van der Waals surface area contributed by atoms with Gasteiger partial charge in [-0.1, -0.05) is 0 Å². The lowest BCUT2D eigenvalue weighted by Gasteiger charge is -2.31. The van der Waals surface area contributed by atoms with Crippen molar-refractivity contribution >= 4 is 5.91 Å². The number of carbonyl (C=O) groups is 1. The number of carbonyl (C=O) groups excluding carboxylic acids is 1. The molecule has 5 atom stereocenters. The summed E-state index contributed by atoms with van der Waals surface area (Å²) in [4.78, 5) is 12.3. The lowest BCUT2D eigenvalue weighted by Crippen LogP contribution is -2.53. The molecule has 3 fully saturated rings. The Morgan fingerprint density at radius 1 is 1.47 bits per heavy atom. The van der Waals surface area contributed by atoms with Crippen LogP contribution < -0.4 is 10.6 Å². The zero-order valence-corrected chi connectivity index (χ0v) is 10.7. The minimum absolute atomic E-state index is 0.123. The van der Waals surface area contributed by atoms with Gasteiger partial charge in [-0.3, -0.25) is 4.79 Å². The maximum Gasteiger partial charge on any atom is 0.225 e. The first-order chi connectivity index (χ1) is 8.08. The summed E-state index contributed by atoms with van der Waals surface area (Å²) in [6, 6.07) is 1.00. The van der Waals surface area contributed by atoms with Gasteiger partial charge in [0.05, 0.1) is 17.6 Å². The molecule has 0 saturated carbocycles. The predicted molar refractivity (Wildman–Crippen MR) is 64.6 cm³/mol. The predicted octanol–water partition coefficient (Wildman–Crippen LogP) is 0.811. The number of amides is 1. The number of fused-ring (bicyclic) bond motifs is 2. The molecule has 2 bridgehead atoms. The number of nitrogens with one attached hydrogen (secondary N) is 2. The molecule has 3 saturated heterocycles. The van der Waals surface area contributed by atoms with E-state index in [4.69, 9.17) is 4.74 Å². The Hall–Kier alpha value is -0.610. The van der Waals surface area contributed by atoms with Gasteiger partial charge in [0.15, 0.2) is 0 Å². The minimum atomic E-state index is -0.168. The van der Waals surface area contributed by atoms with Crippen LogP contribution in [0.5, 0.6) is 0 Å². The number of rotatable bonds is 2. The van der Waals surface area contributed by atoms with Crippen molar-refractivity contribution < 1.29 is 9.53 Å². The Balaban J connectivity index is 1.64. The highest BCUT2D eigenvalue weighted by Gasteiger charge is 2.46. The highest BCUT2D eigenvalue weighted by molar-refractivity contribution is 5.81. The van der Waals surface area contributed by atoms with Crippen LogP contribution in [0.25, 0.3) is 0 Å². The van der Waals surface area contributed by atoms with Gasteiger partial charge in [0.2, 0.25) is 5.91 Å². The van der Waals surface area contributed by atoms with E-state index in [9.17, 15) is 4.79 Å². The summed E-state index contributed by atoms with van der Waals surface area (Å²) >= 11 is 0. The van der Waals surface area contributed by atoms with Crippen LogP contribution in [0.4, 0.5) is 0 Å². The van der Waals surface area contributed by atoms with Crippen molar-refractivity contribution in [3.05, 3.63) is 0 Å². The van der Waals surface area contributed by atoms with Crippen LogP contribution in [0.3, 0.4) is 0 Å². The number of ether oxygens (including phenoxy) is 1. The molecule has 17 heavy (non-hydrogen) atoms. The van der Waals surface area contributed by atoms with Gasteiger partial charge in [-0.2, -0.15) is 0 Å². The van der Waals surface area contributed by atoms with Crippen molar-refractivity contribution in [1.29, 1.82) is 0 Å². The van der Waals surface area contributed by atoms with Gasteiger partial charge in [-0.25, -0.2) is 0 Å². The van der Waals surface area contributed by atoms with Crippen LogP contribution in [0, 0.1) is 5.92 Å². The summed E-state index contributed by atoms with van der Waals surface area (Å²) in [5.41, 5.74) is -0.168. The van der Waals surface area contributed by atoms with Crippen LogP contribution >= 0.6 is 0 Å². The Labute approximate surface area is 102 Å². The van der Waals surface area contributed by atoms with Crippen molar-refractivity contribution in [1.82, 2.24) is 10.6 Å². The van der Waals surface area contributed by atoms with E-state index in [0.29, 0.717) is 12.1 Å². The van der Waals surface area contributed by atoms with Gasteiger partial charge in [0, 0.05) is 18.7 Å². The topological polar surface area (TPSA) is 50.4 Å². The molecule has 2 N–H and O–H groups in total. The molecule has 0 aliphatic carbocycles. The summed E-state index contributed by atoms with van der Waals surface area (Å²) in [6.07, 6.45) is 4.46. The molecular weight excluding hydrogens is 216 g/mol. The van der Waals surface area contributed by atoms with Crippen molar-refractivity contribution in [3.8, 4) is 0 Å². The summed E-state index contributed by atoms with van der Waals surface area (Å²) < 4.78 is 5.56. The third-order valence-corrected chi connectivity index (χ3v) is 4.93. The molecule has 4 heteroatoms. The molecule has 1 amide bonds. The molecule has 0 spiro atoms. The first kappa shape index (κ1) is 11.5. The van der Waals surface area contributed by atoms with E-state index in [0.717, 1.165) is 25.9 Å². The van der Waals surface area contributed by atoms with Crippen LogP contribution in [-0.4, -0.2) is 36.2 Å². The average molecular weight is 238 g/mol. The minimum Gasteiger partial charge on any atom is -0.376 e. The van der Waals surface area contributed by atoms with E-state index in [1.54, 1.807) is 0 Å². The van der Waals surface area contributed by atoms with E-state index in [2.05, 4.69) is 17.6 Å². The second kappa shape index (κ2) is 3.95. The molecule has 3 aliphatic rings. The Morgan fingerprint density at radius 3 is 2.82 bits per heavy atom. The van der Waals surface area contributed by atoms with Gasteiger partial charge < -0.3 is 15.4 Å². The van der Waals surface area contributed by atoms with Gasteiger partial charge >= 0.3 is 0 Å². The fourth-order valence-electron chi connectivity index (χ4n) is 3.49. The maximum absolute atomic E-state index is 12.3. The summed E-state index contributed by atoms with van der Waals surface area (Å²) in [7, 11) is 0. The van der Waals surface area contributed by atoms with E-state index in [1.165, 1.54) is 6.42 Å². The number of hydrogen-bond donors (Lipinski definition) is 2. The van der Waals surface area contributed by atoms with Gasteiger partial charge in [0.25, 0.3) is 0 Å². The molecule has 3 heterocycles. The lowest BCUT2D eigenvalue weighted by molar-refractivity contribution is -0.128. The molecule has 5 unspecified atom stereocenters. The maximum atomic E-state index is 12.3. The second-order valence-corrected chi connectivity index (χ2v) is 6.06. The Kier molecular flexibility index (Phi) is 2.67. The Morgan fingerprint density at radius 2 is 2.29 bits per heavy atom. The van der Waals surface area contributed by atoms with Crippen molar-refractivity contribution in [2.45, 2.75) is 63.3 Å². The number of hydrogen-bond acceptors (Lipinski definition) is 3.